The first-order valence-corrected chi connectivity index (χ1v) is 9.15. The summed E-state index contributed by atoms with van der Waals surface area (Å²) in [6.07, 6.45) is -2.76. The lowest BCUT2D eigenvalue weighted by atomic mass is 10.1. The van der Waals surface area contributed by atoms with E-state index in [4.69, 9.17) is 32.3 Å². The average molecular weight is 431 g/mol. The number of urea groups is 1. The zero-order valence-electron chi connectivity index (χ0n) is 19.7. The molecule has 1 heterocycles. The van der Waals surface area contributed by atoms with Crippen LogP contribution >= 0.6 is 11.6 Å². The van der Waals surface area contributed by atoms with Crippen LogP contribution in [0.15, 0.2) is 42.6 Å². The number of carbonyl (C=O) groups excluding carboxylic acids is 2. The molecule has 1 aliphatic carbocycles. The molecule has 154 valence electrons. The van der Waals surface area contributed by atoms with Crippen LogP contribution in [-0.2, 0) is 0 Å². The molecule has 3 aromatic rings. The average Bonchev–Trinajstić information content (AvgIpc) is 3.16. The van der Waals surface area contributed by atoms with Crippen molar-refractivity contribution in [2.45, 2.75) is 18.8 Å². The number of carbonyl (C=O) groups is 2. The Hall–Kier alpha value is -3.52. The van der Waals surface area contributed by atoms with Crippen LogP contribution in [0, 0.1) is 0 Å². The summed E-state index contributed by atoms with van der Waals surface area (Å²) < 4.78 is 41.3. The Morgan fingerprint density at radius 1 is 1.23 bits per heavy atom. The number of nitrogens with one attached hydrogen (secondary N) is 2. The summed E-state index contributed by atoms with van der Waals surface area (Å²) in [5.41, 5.74) is 6.34. The molecule has 2 aromatic carbocycles. The topological polar surface area (TPSA) is 116 Å². The standard InChI is InChI=1S/C21H19ClN4O4/c1-29-19-10-17-13(9-14(19)20(23)27)18(6-7-24-17)30-12-4-5-16(15(22)8-12)26-21(28)25-11-2-3-11/h4-11H,2-3H2,1H3,(H2,23,27)(H2,25,26,28)/i2D2,3D2. The second-order valence-electron chi connectivity index (χ2n) is 6.31. The SMILES string of the molecule is [2H]C1([2H])C(NC(=O)Nc2ccc(Oc3ccnc4cc(OC)c(C(N)=O)cc34)cc2Cl)C1([2H])[2H]. The first kappa shape index (κ1) is 15.3. The lowest BCUT2D eigenvalue weighted by Crippen LogP contribution is -2.30. The van der Waals surface area contributed by atoms with Crippen LogP contribution in [0.4, 0.5) is 10.5 Å². The van der Waals surface area contributed by atoms with Gasteiger partial charge in [-0.05, 0) is 37.0 Å². The molecule has 1 saturated carbocycles. The Balaban J connectivity index is 1.53. The monoisotopic (exact) mass is 430 g/mol. The summed E-state index contributed by atoms with van der Waals surface area (Å²) in [4.78, 5) is 28.2. The van der Waals surface area contributed by atoms with E-state index in [1.165, 1.54) is 31.5 Å². The van der Waals surface area contributed by atoms with E-state index in [2.05, 4.69) is 15.6 Å². The van der Waals surface area contributed by atoms with Crippen LogP contribution in [-0.4, -0.2) is 30.1 Å². The molecule has 0 unspecified atom stereocenters. The van der Waals surface area contributed by atoms with Gasteiger partial charge >= 0.3 is 6.03 Å². The molecule has 0 radical (unpaired) electrons. The minimum Gasteiger partial charge on any atom is -0.496 e. The highest BCUT2D eigenvalue weighted by molar-refractivity contribution is 6.33. The first-order valence-electron chi connectivity index (χ1n) is 10.8. The van der Waals surface area contributed by atoms with Gasteiger partial charge in [0.1, 0.15) is 17.2 Å². The molecule has 0 bridgehead atoms. The predicted octanol–water partition coefficient (Wildman–Crippen LogP) is 4.07. The lowest BCUT2D eigenvalue weighted by Gasteiger charge is -2.13. The Labute approximate surface area is 182 Å². The summed E-state index contributed by atoms with van der Waals surface area (Å²) in [5, 5.41) is 5.38. The predicted molar refractivity (Wildman–Crippen MR) is 114 cm³/mol. The van der Waals surface area contributed by atoms with E-state index in [9.17, 15) is 9.59 Å². The highest BCUT2D eigenvalue weighted by Crippen LogP contribution is 2.35. The second kappa shape index (κ2) is 8.08. The number of halogens is 1. The molecular formula is C21H19ClN4O4. The molecule has 30 heavy (non-hydrogen) atoms. The molecule has 3 amide bonds. The smallest absolute Gasteiger partial charge is 0.319 e. The maximum atomic E-state index is 12.2. The molecular weight excluding hydrogens is 408 g/mol. The Morgan fingerprint density at radius 2 is 2.03 bits per heavy atom. The van der Waals surface area contributed by atoms with Gasteiger partial charge < -0.3 is 25.8 Å². The molecule has 0 aliphatic heterocycles. The van der Waals surface area contributed by atoms with Gasteiger partial charge in [0.05, 0.1) is 28.9 Å². The number of amides is 3. The number of rotatable bonds is 6. The molecule has 8 nitrogen and oxygen atoms in total. The fourth-order valence-electron chi connectivity index (χ4n) is 2.79. The molecule has 1 aromatic heterocycles. The third-order valence-electron chi connectivity index (χ3n) is 4.27. The summed E-state index contributed by atoms with van der Waals surface area (Å²) in [6, 6.07) is 7.13. The normalized spacial score (nSPS) is 18.3. The van der Waals surface area contributed by atoms with Crippen molar-refractivity contribution >= 4 is 40.1 Å². The number of ether oxygens (including phenoxy) is 2. The number of hydrogen-bond donors (Lipinski definition) is 3. The van der Waals surface area contributed by atoms with Crippen LogP contribution < -0.4 is 25.8 Å². The maximum Gasteiger partial charge on any atom is 0.319 e. The van der Waals surface area contributed by atoms with Crippen LogP contribution in [0.3, 0.4) is 0 Å². The number of methoxy groups -OCH3 is 1. The van der Waals surface area contributed by atoms with Gasteiger partial charge in [-0.2, -0.15) is 0 Å². The maximum absolute atomic E-state index is 12.2. The van der Waals surface area contributed by atoms with Gasteiger partial charge in [-0.15, -0.1) is 0 Å². The van der Waals surface area contributed by atoms with E-state index in [1.807, 2.05) is 0 Å². The molecule has 9 heteroatoms. The number of hydrogen-bond acceptors (Lipinski definition) is 5. The molecule has 0 spiro atoms. The highest BCUT2D eigenvalue weighted by atomic mass is 35.5. The van der Waals surface area contributed by atoms with Gasteiger partial charge in [-0.1, -0.05) is 11.6 Å². The second-order valence-corrected chi connectivity index (χ2v) is 6.71. The quantitative estimate of drug-likeness (QED) is 0.545. The number of pyridine rings is 1. The van der Waals surface area contributed by atoms with Gasteiger partial charge in [0.15, 0.2) is 0 Å². The van der Waals surface area contributed by atoms with Crippen LogP contribution in [0.2, 0.25) is 5.02 Å². The van der Waals surface area contributed by atoms with Crippen molar-refractivity contribution in [2.75, 3.05) is 12.4 Å². The van der Waals surface area contributed by atoms with Crippen molar-refractivity contribution in [1.29, 1.82) is 0 Å². The number of fused-ring (bicyclic) bond motifs is 1. The lowest BCUT2D eigenvalue weighted by molar-refractivity contribution is 0.0997. The summed E-state index contributed by atoms with van der Waals surface area (Å²) >= 11 is 6.27. The molecule has 0 saturated heterocycles. The van der Waals surface area contributed by atoms with E-state index in [0.717, 1.165) is 0 Å². The van der Waals surface area contributed by atoms with Crippen molar-refractivity contribution in [3.8, 4) is 17.2 Å². The summed E-state index contributed by atoms with van der Waals surface area (Å²) in [5.74, 6) is 0.323. The number of anilines is 1. The molecule has 0 atom stereocenters. The van der Waals surface area contributed by atoms with Crippen LogP contribution in [0.25, 0.3) is 10.9 Å². The van der Waals surface area contributed by atoms with E-state index >= 15 is 0 Å². The van der Waals surface area contributed by atoms with Gasteiger partial charge in [0, 0.05) is 35.2 Å². The Morgan fingerprint density at radius 3 is 2.70 bits per heavy atom. The zero-order valence-corrected chi connectivity index (χ0v) is 16.4. The van der Waals surface area contributed by atoms with Crippen molar-refractivity contribution < 1.29 is 24.5 Å². The minimum absolute atomic E-state index is 0.132. The fourth-order valence-corrected chi connectivity index (χ4v) is 3.01. The molecule has 1 aliphatic rings. The van der Waals surface area contributed by atoms with Crippen molar-refractivity contribution in [3.63, 3.8) is 0 Å². The highest BCUT2D eigenvalue weighted by Gasteiger charge is 2.23. The molecule has 4 N–H and O–H groups in total. The number of aromatic nitrogens is 1. The van der Waals surface area contributed by atoms with Crippen LogP contribution in [0.1, 0.15) is 28.6 Å². The third-order valence-corrected chi connectivity index (χ3v) is 4.58. The fraction of sp³-hybridized carbons (Fsp3) is 0.190. The minimum atomic E-state index is -2.14. The number of primary amides is 1. The van der Waals surface area contributed by atoms with Gasteiger partial charge in [0.2, 0.25) is 0 Å². The number of benzene rings is 2. The van der Waals surface area contributed by atoms with E-state index < -0.39 is 30.7 Å². The first-order chi connectivity index (χ1) is 16.0. The van der Waals surface area contributed by atoms with Gasteiger partial charge in [0.25, 0.3) is 5.91 Å². The Kier molecular flexibility index (Phi) is 4.13. The Bertz CT molecular complexity index is 1310. The van der Waals surface area contributed by atoms with Gasteiger partial charge in [-0.3, -0.25) is 9.78 Å². The van der Waals surface area contributed by atoms with E-state index in [1.54, 1.807) is 18.2 Å². The third kappa shape index (κ3) is 4.23. The van der Waals surface area contributed by atoms with E-state index in [0.29, 0.717) is 22.4 Å². The number of nitrogens with zero attached hydrogens (tertiary/aromatic N) is 1. The molecule has 1 fully saturated rings. The summed E-state index contributed by atoms with van der Waals surface area (Å²) in [6.45, 7) is 0. The zero-order chi connectivity index (χ0) is 24.8. The van der Waals surface area contributed by atoms with Crippen LogP contribution in [0.5, 0.6) is 17.2 Å². The van der Waals surface area contributed by atoms with Crippen molar-refractivity contribution in [3.05, 3.63) is 53.2 Å². The number of nitrogens with two attached hydrogens (primary N) is 1. The van der Waals surface area contributed by atoms with E-state index in [-0.39, 0.29) is 22.0 Å². The molecule has 4 rings (SSSR count). The van der Waals surface area contributed by atoms with Crippen molar-refractivity contribution in [1.82, 2.24) is 10.3 Å². The van der Waals surface area contributed by atoms with Gasteiger partial charge in [-0.25, -0.2) is 4.79 Å². The van der Waals surface area contributed by atoms with Crippen molar-refractivity contribution in [2.24, 2.45) is 5.73 Å². The summed E-state index contributed by atoms with van der Waals surface area (Å²) in [7, 11) is 1.42. The largest absolute Gasteiger partial charge is 0.496 e.